The number of hydrogen-bond donors (Lipinski definition) is 3. The standard InChI is InChI=1S/C21H44N4O4/c1-8-21(9-2,25-19(26)29-20(4,5)6)17-24-18(22-10-3)23-13-11-12-14-28-16-15-27-7/h8-17H2,1-7H3,(H,25,26)(H2,22,23,24). The summed E-state index contributed by atoms with van der Waals surface area (Å²) in [7, 11) is 1.67. The third-order valence-electron chi connectivity index (χ3n) is 4.44. The first-order chi connectivity index (χ1) is 13.7. The molecule has 0 fully saturated rings. The molecule has 0 radical (unpaired) electrons. The van der Waals surface area contributed by atoms with Crippen molar-refractivity contribution >= 4 is 12.1 Å². The van der Waals surface area contributed by atoms with Crippen LogP contribution in [-0.4, -0.2) is 69.8 Å². The lowest BCUT2D eigenvalue weighted by Gasteiger charge is -2.32. The van der Waals surface area contributed by atoms with Gasteiger partial charge in [-0.1, -0.05) is 13.8 Å². The van der Waals surface area contributed by atoms with Gasteiger partial charge < -0.3 is 30.2 Å². The molecule has 0 aliphatic heterocycles. The van der Waals surface area contributed by atoms with Crippen LogP contribution in [0.15, 0.2) is 4.99 Å². The summed E-state index contributed by atoms with van der Waals surface area (Å²) in [5.41, 5.74) is -0.954. The summed E-state index contributed by atoms with van der Waals surface area (Å²) in [6.07, 6.45) is 3.10. The zero-order valence-electron chi connectivity index (χ0n) is 19.7. The highest BCUT2D eigenvalue weighted by atomic mass is 16.6. The van der Waals surface area contributed by atoms with Gasteiger partial charge in [-0.25, -0.2) is 4.79 Å². The molecule has 3 N–H and O–H groups in total. The number of carbonyl (C=O) groups excluding carboxylic acids is 1. The van der Waals surface area contributed by atoms with Gasteiger partial charge in [-0.2, -0.15) is 0 Å². The van der Waals surface area contributed by atoms with Crippen LogP contribution in [0.25, 0.3) is 0 Å². The number of nitrogens with one attached hydrogen (secondary N) is 3. The molecule has 0 saturated heterocycles. The minimum atomic E-state index is -0.523. The Kier molecular flexibility index (Phi) is 14.5. The third-order valence-corrected chi connectivity index (χ3v) is 4.44. The van der Waals surface area contributed by atoms with E-state index in [4.69, 9.17) is 19.2 Å². The van der Waals surface area contributed by atoms with E-state index in [1.165, 1.54) is 0 Å². The van der Waals surface area contributed by atoms with Gasteiger partial charge in [0.1, 0.15) is 5.60 Å². The summed E-state index contributed by atoms with van der Waals surface area (Å²) in [5.74, 6) is 0.755. The molecular formula is C21H44N4O4. The normalized spacial score (nSPS) is 12.6. The number of hydrogen-bond acceptors (Lipinski definition) is 5. The topological polar surface area (TPSA) is 93.2 Å². The molecule has 0 rings (SSSR count). The molecule has 8 heteroatoms. The Hall–Kier alpha value is -1.54. The molecule has 0 saturated carbocycles. The minimum Gasteiger partial charge on any atom is -0.444 e. The zero-order chi connectivity index (χ0) is 22.2. The number of ether oxygens (including phenoxy) is 3. The van der Waals surface area contributed by atoms with Gasteiger partial charge in [0, 0.05) is 26.8 Å². The number of amides is 1. The van der Waals surface area contributed by atoms with E-state index in [0.29, 0.717) is 19.8 Å². The van der Waals surface area contributed by atoms with E-state index in [9.17, 15) is 4.79 Å². The Labute approximate surface area is 177 Å². The van der Waals surface area contributed by atoms with E-state index in [0.717, 1.165) is 51.3 Å². The van der Waals surface area contributed by atoms with Gasteiger partial charge in [0.05, 0.1) is 25.3 Å². The average Bonchev–Trinajstić information content (AvgIpc) is 2.65. The molecule has 0 aliphatic carbocycles. The van der Waals surface area contributed by atoms with Crippen molar-refractivity contribution < 1.29 is 19.0 Å². The SMILES string of the molecule is CCNC(=NCC(CC)(CC)NC(=O)OC(C)(C)C)NCCCCOCCOC. The molecule has 0 atom stereocenters. The summed E-state index contributed by atoms with van der Waals surface area (Å²) in [5, 5.41) is 9.64. The highest BCUT2D eigenvalue weighted by Crippen LogP contribution is 2.17. The molecular weight excluding hydrogens is 372 g/mol. The number of unbranched alkanes of at least 4 members (excludes halogenated alkanes) is 1. The van der Waals surface area contributed by atoms with Gasteiger partial charge in [-0.15, -0.1) is 0 Å². The lowest BCUT2D eigenvalue weighted by molar-refractivity contribution is 0.0452. The van der Waals surface area contributed by atoms with Crippen molar-refractivity contribution in [1.29, 1.82) is 0 Å². The number of alkyl carbamates (subject to hydrolysis) is 1. The Balaban J connectivity index is 4.62. The second-order valence-corrected chi connectivity index (χ2v) is 8.05. The largest absolute Gasteiger partial charge is 0.444 e. The molecule has 0 aromatic carbocycles. The second kappa shape index (κ2) is 15.3. The van der Waals surface area contributed by atoms with Crippen molar-refractivity contribution in [2.75, 3.05) is 46.6 Å². The lowest BCUT2D eigenvalue weighted by atomic mass is 9.93. The number of nitrogens with zero attached hydrogens (tertiary/aromatic N) is 1. The first-order valence-corrected chi connectivity index (χ1v) is 10.8. The van der Waals surface area contributed by atoms with Gasteiger partial charge in [-0.05, 0) is 53.4 Å². The lowest BCUT2D eigenvalue weighted by Crippen LogP contribution is -2.52. The van der Waals surface area contributed by atoms with Gasteiger partial charge in [0.15, 0.2) is 5.96 Å². The molecule has 29 heavy (non-hydrogen) atoms. The van der Waals surface area contributed by atoms with Crippen LogP contribution < -0.4 is 16.0 Å². The summed E-state index contributed by atoms with van der Waals surface area (Å²) in [6.45, 7) is 15.8. The maximum atomic E-state index is 12.3. The predicted octanol–water partition coefficient (Wildman–Crippen LogP) is 3.07. The molecule has 172 valence electrons. The number of guanidine groups is 1. The molecule has 0 aromatic rings. The summed E-state index contributed by atoms with van der Waals surface area (Å²) < 4.78 is 15.9. The monoisotopic (exact) mass is 416 g/mol. The summed E-state index contributed by atoms with van der Waals surface area (Å²) >= 11 is 0. The number of aliphatic imine (C=N–C) groups is 1. The van der Waals surface area contributed by atoms with E-state index >= 15 is 0 Å². The van der Waals surface area contributed by atoms with Crippen LogP contribution in [-0.2, 0) is 14.2 Å². The van der Waals surface area contributed by atoms with Crippen molar-refractivity contribution in [2.45, 2.75) is 78.4 Å². The van der Waals surface area contributed by atoms with Crippen LogP contribution in [0.5, 0.6) is 0 Å². The number of methoxy groups -OCH3 is 1. The second-order valence-electron chi connectivity index (χ2n) is 8.05. The first-order valence-electron chi connectivity index (χ1n) is 10.8. The first kappa shape index (κ1) is 27.5. The molecule has 0 spiro atoms. The average molecular weight is 417 g/mol. The molecule has 0 heterocycles. The van der Waals surface area contributed by atoms with Gasteiger partial charge in [0.25, 0.3) is 0 Å². The van der Waals surface area contributed by atoms with Gasteiger partial charge in [0.2, 0.25) is 0 Å². The van der Waals surface area contributed by atoms with Crippen LogP contribution in [0.1, 0.15) is 67.2 Å². The van der Waals surface area contributed by atoms with Crippen LogP contribution in [0.4, 0.5) is 4.79 Å². The Morgan fingerprint density at radius 1 is 0.966 bits per heavy atom. The highest BCUT2D eigenvalue weighted by Gasteiger charge is 2.30. The van der Waals surface area contributed by atoms with Gasteiger partial charge in [-0.3, -0.25) is 4.99 Å². The Bertz CT molecular complexity index is 460. The van der Waals surface area contributed by atoms with Crippen molar-refractivity contribution in [1.82, 2.24) is 16.0 Å². The maximum absolute atomic E-state index is 12.3. The van der Waals surface area contributed by atoms with E-state index < -0.39 is 17.2 Å². The number of carbonyl (C=O) groups is 1. The molecule has 8 nitrogen and oxygen atoms in total. The van der Waals surface area contributed by atoms with E-state index in [1.807, 2.05) is 27.7 Å². The Morgan fingerprint density at radius 3 is 2.21 bits per heavy atom. The van der Waals surface area contributed by atoms with Crippen LogP contribution in [0.2, 0.25) is 0 Å². The zero-order valence-corrected chi connectivity index (χ0v) is 19.7. The summed E-state index contributed by atoms with van der Waals surface area (Å²) in [6, 6.07) is 0. The van der Waals surface area contributed by atoms with Crippen molar-refractivity contribution in [3.8, 4) is 0 Å². The van der Waals surface area contributed by atoms with Crippen molar-refractivity contribution in [3.63, 3.8) is 0 Å². The van der Waals surface area contributed by atoms with Crippen LogP contribution >= 0.6 is 0 Å². The molecule has 0 bridgehead atoms. The van der Waals surface area contributed by atoms with Crippen molar-refractivity contribution in [3.05, 3.63) is 0 Å². The van der Waals surface area contributed by atoms with E-state index in [2.05, 4.69) is 29.8 Å². The van der Waals surface area contributed by atoms with E-state index in [1.54, 1.807) is 7.11 Å². The number of rotatable bonds is 14. The fourth-order valence-electron chi connectivity index (χ4n) is 2.56. The van der Waals surface area contributed by atoms with Gasteiger partial charge >= 0.3 is 6.09 Å². The molecule has 1 amide bonds. The molecule has 0 unspecified atom stereocenters. The molecule has 0 aliphatic rings. The van der Waals surface area contributed by atoms with Crippen LogP contribution in [0.3, 0.4) is 0 Å². The minimum absolute atomic E-state index is 0.400. The Morgan fingerprint density at radius 2 is 1.66 bits per heavy atom. The molecule has 0 aromatic heterocycles. The highest BCUT2D eigenvalue weighted by molar-refractivity contribution is 5.79. The van der Waals surface area contributed by atoms with E-state index in [-0.39, 0.29) is 0 Å². The quantitative estimate of drug-likeness (QED) is 0.229. The fourth-order valence-corrected chi connectivity index (χ4v) is 2.56. The fraction of sp³-hybridized carbons (Fsp3) is 0.905. The third kappa shape index (κ3) is 14.1. The maximum Gasteiger partial charge on any atom is 0.408 e. The van der Waals surface area contributed by atoms with Crippen molar-refractivity contribution in [2.24, 2.45) is 4.99 Å². The smallest absolute Gasteiger partial charge is 0.408 e. The summed E-state index contributed by atoms with van der Waals surface area (Å²) in [4.78, 5) is 17.0. The van der Waals surface area contributed by atoms with Crippen LogP contribution in [0, 0.1) is 0 Å². The predicted molar refractivity (Wildman–Crippen MR) is 119 cm³/mol.